The fourth-order valence-corrected chi connectivity index (χ4v) is 1.89. The number of amides is 3. The summed E-state index contributed by atoms with van der Waals surface area (Å²) >= 11 is 11.7. The Hall–Kier alpha value is -1.83. The van der Waals surface area contributed by atoms with Crippen LogP contribution < -0.4 is 10.6 Å². The molecule has 0 aliphatic rings. The van der Waals surface area contributed by atoms with Crippen molar-refractivity contribution in [3.05, 3.63) is 28.2 Å². The zero-order valence-corrected chi connectivity index (χ0v) is 14.4. The standard InChI is InChI=1S/C14H17Cl2N3O4/c1-8(13(21)18-14(22)23-3)19(2)7-12(20)17-9-4-5-10(15)11(16)6-9/h4-6,8H,7H2,1-3H3,(H,17,20)(H,18,21,22)/t8-/m1/s1. The summed E-state index contributed by atoms with van der Waals surface area (Å²) in [4.78, 5) is 36.2. The minimum absolute atomic E-state index is 0.0595. The Kier molecular flexibility index (Phi) is 7.28. The second kappa shape index (κ2) is 8.71. The third-order valence-corrected chi connectivity index (χ3v) is 3.79. The van der Waals surface area contributed by atoms with Crippen LogP contribution in [0.15, 0.2) is 18.2 Å². The van der Waals surface area contributed by atoms with E-state index in [1.54, 1.807) is 26.1 Å². The maximum Gasteiger partial charge on any atom is 0.413 e. The number of ether oxygens (including phenoxy) is 1. The maximum atomic E-state index is 12.0. The quantitative estimate of drug-likeness (QED) is 0.838. The van der Waals surface area contributed by atoms with Gasteiger partial charge in [0.15, 0.2) is 0 Å². The first-order chi connectivity index (χ1) is 10.7. The first-order valence-electron chi connectivity index (χ1n) is 6.58. The van der Waals surface area contributed by atoms with Gasteiger partial charge in [-0.15, -0.1) is 0 Å². The van der Waals surface area contributed by atoms with Crippen LogP contribution in [0, 0.1) is 0 Å². The van der Waals surface area contributed by atoms with E-state index in [4.69, 9.17) is 23.2 Å². The van der Waals surface area contributed by atoms with E-state index < -0.39 is 18.0 Å². The Bertz CT molecular complexity index is 610. The molecule has 0 saturated carbocycles. The number of carbonyl (C=O) groups is 3. The Balaban J connectivity index is 2.56. The van der Waals surface area contributed by atoms with Gasteiger partial charge in [-0.1, -0.05) is 23.2 Å². The summed E-state index contributed by atoms with van der Waals surface area (Å²) in [7, 11) is 2.73. The van der Waals surface area contributed by atoms with Gasteiger partial charge in [-0.25, -0.2) is 4.79 Å². The van der Waals surface area contributed by atoms with E-state index in [1.165, 1.54) is 11.0 Å². The van der Waals surface area contributed by atoms with Crippen molar-refractivity contribution in [3.63, 3.8) is 0 Å². The van der Waals surface area contributed by atoms with Gasteiger partial charge in [0.1, 0.15) is 0 Å². The lowest BCUT2D eigenvalue weighted by atomic mass is 10.2. The molecule has 1 aromatic carbocycles. The maximum absolute atomic E-state index is 12.0. The molecule has 7 nitrogen and oxygen atoms in total. The van der Waals surface area contributed by atoms with E-state index >= 15 is 0 Å². The van der Waals surface area contributed by atoms with Gasteiger partial charge in [-0.3, -0.25) is 19.8 Å². The molecule has 126 valence electrons. The smallest absolute Gasteiger partial charge is 0.413 e. The number of rotatable bonds is 5. The van der Waals surface area contributed by atoms with Crippen LogP contribution in [0.5, 0.6) is 0 Å². The van der Waals surface area contributed by atoms with Crippen LogP contribution in [-0.4, -0.2) is 49.6 Å². The molecule has 0 spiro atoms. The Morgan fingerprint density at radius 1 is 1.26 bits per heavy atom. The van der Waals surface area contributed by atoms with Crippen molar-refractivity contribution in [2.45, 2.75) is 13.0 Å². The van der Waals surface area contributed by atoms with Gasteiger partial charge in [0.05, 0.1) is 29.7 Å². The van der Waals surface area contributed by atoms with E-state index in [-0.39, 0.29) is 12.5 Å². The molecule has 1 aromatic rings. The van der Waals surface area contributed by atoms with Crippen molar-refractivity contribution in [2.24, 2.45) is 0 Å². The normalized spacial score (nSPS) is 11.7. The van der Waals surface area contributed by atoms with Crippen molar-refractivity contribution >= 4 is 46.8 Å². The monoisotopic (exact) mass is 361 g/mol. The van der Waals surface area contributed by atoms with Crippen LogP contribution >= 0.6 is 23.2 Å². The van der Waals surface area contributed by atoms with Crippen LogP contribution in [0.25, 0.3) is 0 Å². The molecule has 9 heteroatoms. The number of nitrogens with one attached hydrogen (secondary N) is 2. The van der Waals surface area contributed by atoms with Crippen molar-refractivity contribution in [2.75, 3.05) is 26.0 Å². The van der Waals surface area contributed by atoms with Crippen LogP contribution in [0.3, 0.4) is 0 Å². The summed E-state index contributed by atoms with van der Waals surface area (Å²) in [5, 5.41) is 5.39. The second-order valence-corrected chi connectivity index (χ2v) is 5.56. The van der Waals surface area contributed by atoms with Gasteiger partial charge in [0, 0.05) is 5.69 Å². The molecule has 0 unspecified atom stereocenters. The summed E-state index contributed by atoms with van der Waals surface area (Å²) in [6.45, 7) is 1.50. The molecule has 1 atom stereocenters. The molecule has 0 aliphatic heterocycles. The van der Waals surface area contributed by atoms with Gasteiger partial charge in [0.2, 0.25) is 11.8 Å². The lowest BCUT2D eigenvalue weighted by Crippen LogP contribution is -2.47. The zero-order valence-electron chi connectivity index (χ0n) is 12.9. The lowest BCUT2D eigenvalue weighted by Gasteiger charge is -2.22. The molecular weight excluding hydrogens is 345 g/mol. The van der Waals surface area contributed by atoms with Gasteiger partial charge in [-0.05, 0) is 32.2 Å². The van der Waals surface area contributed by atoms with Crippen LogP contribution in [0.4, 0.5) is 10.5 Å². The van der Waals surface area contributed by atoms with E-state index in [0.717, 1.165) is 7.11 Å². The number of nitrogens with zero attached hydrogens (tertiary/aromatic N) is 1. The number of benzene rings is 1. The Morgan fingerprint density at radius 2 is 1.91 bits per heavy atom. The molecule has 3 amide bonds. The van der Waals surface area contributed by atoms with Crippen molar-refractivity contribution < 1.29 is 19.1 Å². The molecule has 1 rings (SSSR count). The minimum atomic E-state index is -0.851. The second-order valence-electron chi connectivity index (χ2n) is 4.75. The highest BCUT2D eigenvalue weighted by Crippen LogP contribution is 2.24. The fourth-order valence-electron chi connectivity index (χ4n) is 1.59. The predicted octanol–water partition coefficient (Wildman–Crippen LogP) is 2.13. The van der Waals surface area contributed by atoms with E-state index in [9.17, 15) is 14.4 Å². The molecular formula is C14H17Cl2N3O4. The molecule has 2 N–H and O–H groups in total. The molecule has 0 fully saturated rings. The predicted molar refractivity (Wildman–Crippen MR) is 87.7 cm³/mol. The van der Waals surface area contributed by atoms with Crippen molar-refractivity contribution in [1.29, 1.82) is 0 Å². The average Bonchev–Trinajstić information content (AvgIpc) is 2.49. The van der Waals surface area contributed by atoms with Gasteiger partial charge in [0.25, 0.3) is 0 Å². The van der Waals surface area contributed by atoms with Gasteiger partial charge < -0.3 is 10.1 Å². The van der Waals surface area contributed by atoms with Crippen LogP contribution in [-0.2, 0) is 14.3 Å². The number of anilines is 1. The number of carbonyl (C=O) groups excluding carboxylic acids is 3. The molecule has 0 bridgehead atoms. The van der Waals surface area contributed by atoms with Crippen molar-refractivity contribution in [3.8, 4) is 0 Å². The Labute approximate surface area is 143 Å². The van der Waals surface area contributed by atoms with E-state index in [2.05, 4.69) is 10.1 Å². The highest BCUT2D eigenvalue weighted by Gasteiger charge is 2.22. The van der Waals surface area contributed by atoms with Crippen LogP contribution in [0.2, 0.25) is 10.0 Å². The lowest BCUT2D eigenvalue weighted by molar-refractivity contribution is -0.125. The average molecular weight is 362 g/mol. The number of hydrogen-bond donors (Lipinski definition) is 2. The molecule has 0 saturated heterocycles. The number of likely N-dealkylation sites (N-methyl/N-ethyl adjacent to an activating group) is 1. The summed E-state index contributed by atoms with van der Waals surface area (Å²) in [5.41, 5.74) is 0.490. The third kappa shape index (κ3) is 6.05. The first kappa shape index (κ1) is 19.2. The SMILES string of the molecule is COC(=O)NC(=O)[C@@H](C)N(C)CC(=O)Nc1ccc(Cl)c(Cl)c1. The topological polar surface area (TPSA) is 87.7 Å². The third-order valence-electron chi connectivity index (χ3n) is 3.05. The first-order valence-corrected chi connectivity index (χ1v) is 7.34. The number of halogens is 2. The van der Waals surface area contributed by atoms with E-state index in [0.29, 0.717) is 15.7 Å². The number of imide groups is 1. The van der Waals surface area contributed by atoms with Crippen LogP contribution in [0.1, 0.15) is 6.92 Å². The Morgan fingerprint density at radius 3 is 2.48 bits per heavy atom. The largest absolute Gasteiger partial charge is 0.453 e. The highest BCUT2D eigenvalue weighted by molar-refractivity contribution is 6.42. The minimum Gasteiger partial charge on any atom is -0.453 e. The highest BCUT2D eigenvalue weighted by atomic mass is 35.5. The summed E-state index contributed by atoms with van der Waals surface area (Å²) in [5.74, 6) is -0.912. The molecule has 0 radical (unpaired) electrons. The number of methoxy groups -OCH3 is 1. The van der Waals surface area contributed by atoms with Gasteiger partial charge in [-0.2, -0.15) is 0 Å². The molecule has 0 aliphatic carbocycles. The number of hydrogen-bond acceptors (Lipinski definition) is 5. The summed E-state index contributed by atoms with van der Waals surface area (Å²) in [6, 6.07) is 4.00. The zero-order chi connectivity index (χ0) is 17.6. The fraction of sp³-hybridized carbons (Fsp3) is 0.357. The molecule has 23 heavy (non-hydrogen) atoms. The van der Waals surface area contributed by atoms with Crippen molar-refractivity contribution in [1.82, 2.24) is 10.2 Å². The van der Waals surface area contributed by atoms with Gasteiger partial charge >= 0.3 is 6.09 Å². The summed E-state index contributed by atoms with van der Waals surface area (Å²) in [6.07, 6.45) is -0.851. The summed E-state index contributed by atoms with van der Waals surface area (Å²) < 4.78 is 4.34. The van der Waals surface area contributed by atoms with E-state index in [1.807, 2.05) is 5.32 Å². The molecule has 0 heterocycles. The number of alkyl carbamates (subject to hydrolysis) is 1. The molecule has 0 aromatic heterocycles.